The van der Waals surface area contributed by atoms with Crippen LogP contribution in [0.25, 0.3) is 6.08 Å². The number of hydrogen-bond acceptors (Lipinski definition) is 8. The quantitative estimate of drug-likeness (QED) is 0.135. The molecule has 0 spiro atoms. The molecule has 3 aliphatic rings. The number of nitro groups is 1. The Hall–Kier alpha value is -5.09. The highest BCUT2D eigenvalue weighted by Crippen LogP contribution is 2.50. The van der Waals surface area contributed by atoms with Gasteiger partial charge in [-0.15, -0.1) is 0 Å². The summed E-state index contributed by atoms with van der Waals surface area (Å²) >= 11 is 1.17. The molecule has 4 aromatic carbocycles. The monoisotopic (exact) mass is 618 g/mol. The van der Waals surface area contributed by atoms with Gasteiger partial charge in [-0.1, -0.05) is 60.7 Å². The Morgan fingerprint density at radius 3 is 2.13 bits per heavy atom. The number of aromatic hydroxyl groups is 1. The average Bonchev–Trinajstić information content (AvgIpc) is 3.40. The molecule has 1 fully saturated rings. The zero-order valence-electron chi connectivity index (χ0n) is 24.5. The molecule has 3 heterocycles. The van der Waals surface area contributed by atoms with E-state index in [9.17, 15) is 20.0 Å². The molecule has 2 atom stereocenters. The first-order chi connectivity index (χ1) is 21.9. The second kappa shape index (κ2) is 11.8. The van der Waals surface area contributed by atoms with Crippen LogP contribution < -0.4 is 15.0 Å². The van der Waals surface area contributed by atoms with E-state index in [1.807, 2.05) is 12.1 Å². The zero-order chi connectivity index (χ0) is 31.1. The van der Waals surface area contributed by atoms with E-state index in [-0.39, 0.29) is 23.5 Å². The van der Waals surface area contributed by atoms with E-state index in [4.69, 9.17) is 9.73 Å². The van der Waals surface area contributed by atoms with Gasteiger partial charge >= 0.3 is 5.69 Å². The number of phenols is 1. The molecular weight excluding hydrogens is 588 g/mol. The molecule has 0 aromatic heterocycles. The third-order valence-electron chi connectivity index (χ3n) is 8.67. The van der Waals surface area contributed by atoms with E-state index in [0.717, 1.165) is 31.6 Å². The number of amidine groups is 1. The van der Waals surface area contributed by atoms with Gasteiger partial charge in [-0.05, 0) is 76.7 Å². The second-order valence-corrected chi connectivity index (χ2v) is 12.3. The minimum atomic E-state index is -0.691. The van der Waals surface area contributed by atoms with Gasteiger partial charge in [0.2, 0.25) is 5.75 Å². The lowest BCUT2D eigenvalue weighted by Gasteiger charge is -2.43. The summed E-state index contributed by atoms with van der Waals surface area (Å²) < 4.78 is 5.11. The number of benzene rings is 4. The minimum absolute atomic E-state index is 0.0497. The number of anilines is 1. The number of thioether (sulfide) groups is 1. The predicted octanol–water partition coefficient (Wildman–Crippen LogP) is 7.08. The number of ether oxygens (including phenoxy) is 1. The summed E-state index contributed by atoms with van der Waals surface area (Å²) in [5.41, 5.74) is 6.96. The number of carbonyl (C=O) groups excluding carboxylic acids is 1. The predicted molar refractivity (Wildman–Crippen MR) is 177 cm³/mol. The SMILES string of the molecule is COc1cc(/C=C2\SC(=Nc3cc4c5c(c3)[C@@H](c3ccccc3)CCN5CC[C@@H]4c3ccccc3)NC2=O)cc([N+](=O)[O-])c1O. The fourth-order valence-electron chi connectivity index (χ4n) is 6.65. The van der Waals surface area contributed by atoms with Crippen molar-refractivity contribution in [3.63, 3.8) is 0 Å². The molecule has 0 radical (unpaired) electrons. The highest BCUT2D eigenvalue weighted by Gasteiger charge is 2.35. The van der Waals surface area contributed by atoms with E-state index >= 15 is 0 Å². The van der Waals surface area contributed by atoms with Gasteiger partial charge in [-0.2, -0.15) is 0 Å². The van der Waals surface area contributed by atoms with Gasteiger partial charge in [-0.3, -0.25) is 14.9 Å². The Kier molecular flexibility index (Phi) is 7.50. The summed E-state index contributed by atoms with van der Waals surface area (Å²) in [6.07, 6.45) is 3.54. The summed E-state index contributed by atoms with van der Waals surface area (Å²) in [5.74, 6) is -0.512. The molecule has 9 nitrogen and oxygen atoms in total. The van der Waals surface area contributed by atoms with Crippen LogP contribution in [0.5, 0.6) is 11.5 Å². The fraction of sp³-hybridized carbons (Fsp3) is 0.200. The maximum atomic E-state index is 13.0. The van der Waals surface area contributed by atoms with Gasteiger partial charge in [0, 0.05) is 36.7 Å². The first-order valence-electron chi connectivity index (χ1n) is 14.8. The van der Waals surface area contributed by atoms with Crippen molar-refractivity contribution in [3.05, 3.63) is 128 Å². The second-order valence-electron chi connectivity index (χ2n) is 11.3. The van der Waals surface area contributed by atoms with Crippen molar-refractivity contribution in [2.45, 2.75) is 24.7 Å². The number of nitrogens with one attached hydrogen (secondary N) is 1. The Morgan fingerprint density at radius 1 is 0.978 bits per heavy atom. The number of aliphatic imine (C=N–C) groups is 1. The molecule has 45 heavy (non-hydrogen) atoms. The van der Waals surface area contributed by atoms with Gasteiger partial charge in [0.05, 0.1) is 22.6 Å². The lowest BCUT2D eigenvalue weighted by molar-refractivity contribution is -0.386. The van der Waals surface area contributed by atoms with Gasteiger partial charge in [0.15, 0.2) is 10.9 Å². The highest BCUT2D eigenvalue weighted by molar-refractivity contribution is 8.18. The Balaban J connectivity index is 1.29. The van der Waals surface area contributed by atoms with Crippen molar-refractivity contribution in [1.29, 1.82) is 0 Å². The molecule has 3 aliphatic heterocycles. The van der Waals surface area contributed by atoms with Crippen LogP contribution in [0.1, 0.15) is 52.5 Å². The first kappa shape index (κ1) is 28.7. The van der Waals surface area contributed by atoms with E-state index in [1.54, 1.807) is 0 Å². The topological polar surface area (TPSA) is 117 Å². The van der Waals surface area contributed by atoms with Gasteiger partial charge in [0.1, 0.15) is 0 Å². The summed E-state index contributed by atoms with van der Waals surface area (Å²) in [4.78, 5) is 31.5. The molecule has 0 saturated carbocycles. The third kappa shape index (κ3) is 5.42. The van der Waals surface area contributed by atoms with Crippen LogP contribution in [-0.2, 0) is 4.79 Å². The highest BCUT2D eigenvalue weighted by atomic mass is 32.2. The van der Waals surface area contributed by atoms with Crippen LogP contribution in [-0.4, -0.2) is 41.3 Å². The molecule has 2 N–H and O–H groups in total. The van der Waals surface area contributed by atoms with E-state index < -0.39 is 16.4 Å². The summed E-state index contributed by atoms with van der Waals surface area (Å²) in [6.45, 7) is 1.99. The molecule has 7 rings (SSSR count). The number of hydrogen-bond donors (Lipinski definition) is 2. The standard InChI is InChI=1S/C35H30N4O5S/c1-44-30-17-21(16-29(33(30)40)39(42)43)18-31-34(41)37-35(45-31)36-24-19-27-25(22-8-4-2-5-9-22)12-14-38-15-13-26(28(20-24)32(27)38)23-10-6-3-7-11-23/h2-11,16-20,25-26,40H,12-15H2,1H3,(H,36,37,41)/b31-18-/t25-,26-/m1/s1. The summed E-state index contributed by atoms with van der Waals surface area (Å²) in [7, 11) is 1.31. The van der Waals surface area contributed by atoms with Gasteiger partial charge in [-0.25, -0.2) is 4.99 Å². The Bertz CT molecular complexity index is 1800. The minimum Gasteiger partial charge on any atom is -0.500 e. The van der Waals surface area contributed by atoms with E-state index in [2.05, 4.69) is 70.9 Å². The molecule has 10 heteroatoms. The molecule has 0 aliphatic carbocycles. The smallest absolute Gasteiger partial charge is 0.315 e. The largest absolute Gasteiger partial charge is 0.500 e. The molecular formula is C35H30N4O5S. The summed E-state index contributed by atoms with van der Waals surface area (Å²) in [6, 6.07) is 28.2. The summed E-state index contributed by atoms with van der Waals surface area (Å²) in [5, 5.41) is 24.9. The third-order valence-corrected chi connectivity index (χ3v) is 9.58. The molecule has 4 aromatic rings. The molecule has 226 valence electrons. The number of methoxy groups -OCH3 is 1. The number of amides is 1. The zero-order valence-corrected chi connectivity index (χ0v) is 25.3. The number of carbonyl (C=O) groups is 1. The average molecular weight is 619 g/mol. The maximum absolute atomic E-state index is 13.0. The lowest BCUT2D eigenvalue weighted by Crippen LogP contribution is -2.37. The first-order valence-corrected chi connectivity index (χ1v) is 15.6. The lowest BCUT2D eigenvalue weighted by atomic mass is 9.76. The van der Waals surface area contributed by atoms with Crippen molar-refractivity contribution < 1.29 is 19.6 Å². The van der Waals surface area contributed by atoms with Crippen molar-refractivity contribution in [1.82, 2.24) is 5.32 Å². The van der Waals surface area contributed by atoms with Crippen LogP contribution in [0.4, 0.5) is 17.1 Å². The number of rotatable bonds is 6. The van der Waals surface area contributed by atoms with Crippen molar-refractivity contribution in [2.75, 3.05) is 25.1 Å². The van der Waals surface area contributed by atoms with Gasteiger partial charge in [0.25, 0.3) is 5.91 Å². The van der Waals surface area contributed by atoms with Gasteiger partial charge < -0.3 is 20.1 Å². The normalized spacial score (nSPS) is 20.6. The fourth-order valence-corrected chi connectivity index (χ4v) is 7.49. The van der Waals surface area contributed by atoms with Crippen LogP contribution in [0.2, 0.25) is 0 Å². The Labute approximate surface area is 264 Å². The molecule has 1 amide bonds. The maximum Gasteiger partial charge on any atom is 0.315 e. The van der Waals surface area contributed by atoms with E-state index in [1.165, 1.54) is 65.0 Å². The molecule has 0 unspecified atom stereocenters. The van der Waals surface area contributed by atoms with Crippen LogP contribution >= 0.6 is 11.8 Å². The van der Waals surface area contributed by atoms with E-state index in [0.29, 0.717) is 15.6 Å². The molecule has 0 bridgehead atoms. The van der Waals surface area contributed by atoms with Crippen molar-refractivity contribution in [2.24, 2.45) is 4.99 Å². The van der Waals surface area contributed by atoms with Crippen LogP contribution in [0.3, 0.4) is 0 Å². The number of nitro benzene ring substituents is 1. The number of phenolic OH excluding ortho intramolecular Hbond substituents is 1. The van der Waals surface area contributed by atoms with Crippen LogP contribution in [0, 0.1) is 10.1 Å². The number of nitrogens with zero attached hydrogens (tertiary/aromatic N) is 3. The Morgan fingerprint density at radius 2 is 1.58 bits per heavy atom. The molecule has 1 saturated heterocycles. The van der Waals surface area contributed by atoms with Crippen LogP contribution in [0.15, 0.2) is 94.8 Å². The van der Waals surface area contributed by atoms with Crippen molar-refractivity contribution in [3.8, 4) is 11.5 Å². The van der Waals surface area contributed by atoms with Crippen molar-refractivity contribution >= 4 is 46.0 Å².